The van der Waals surface area contributed by atoms with E-state index >= 15 is 0 Å². The first-order chi connectivity index (χ1) is 7.61. The lowest BCUT2D eigenvalue weighted by molar-refractivity contribution is 0.0520. The molecule has 0 fully saturated rings. The number of carbonyl (C=O) groups is 1. The highest BCUT2D eigenvalue weighted by atomic mass is 79.9. The number of halogens is 1. The molecule has 0 atom stereocenters. The molecule has 0 N–H and O–H groups in total. The summed E-state index contributed by atoms with van der Waals surface area (Å²) in [6, 6.07) is 0. The van der Waals surface area contributed by atoms with Gasteiger partial charge < -0.3 is 9.14 Å². The first kappa shape index (κ1) is 11.1. The summed E-state index contributed by atoms with van der Waals surface area (Å²) in [6.07, 6.45) is 3.43. The quantitative estimate of drug-likeness (QED) is 0.791. The second kappa shape index (κ2) is 4.21. The van der Waals surface area contributed by atoms with Crippen LogP contribution in [0.15, 0.2) is 17.0 Å². The number of hydrogen-bond acceptors (Lipinski definition) is 4. The predicted molar refractivity (Wildman–Crippen MR) is 61.4 cm³/mol. The van der Waals surface area contributed by atoms with Crippen LogP contribution in [0.1, 0.15) is 23.1 Å². The Morgan fingerprint density at radius 3 is 2.94 bits per heavy atom. The lowest BCUT2D eigenvalue weighted by Crippen LogP contribution is -2.04. The van der Waals surface area contributed by atoms with Crippen LogP contribution in [0.25, 0.3) is 5.65 Å². The smallest absolute Gasteiger partial charge is 0.358 e. The van der Waals surface area contributed by atoms with E-state index in [1.165, 1.54) is 0 Å². The van der Waals surface area contributed by atoms with Crippen LogP contribution in [0.2, 0.25) is 0 Å². The van der Waals surface area contributed by atoms with Gasteiger partial charge in [-0.1, -0.05) is 0 Å². The van der Waals surface area contributed by atoms with Crippen molar-refractivity contribution in [3.8, 4) is 0 Å². The summed E-state index contributed by atoms with van der Waals surface area (Å²) in [7, 11) is 0. The molecule has 0 saturated heterocycles. The van der Waals surface area contributed by atoms with Crippen molar-refractivity contribution in [2.24, 2.45) is 0 Å². The summed E-state index contributed by atoms with van der Waals surface area (Å²) < 4.78 is 7.24. The highest BCUT2D eigenvalue weighted by Crippen LogP contribution is 2.16. The van der Waals surface area contributed by atoms with Gasteiger partial charge in [0.2, 0.25) is 0 Å². The molecule has 16 heavy (non-hydrogen) atoms. The number of aromatic nitrogens is 3. The third-order valence-corrected chi connectivity index (χ3v) is 2.53. The molecule has 0 unspecified atom stereocenters. The molecule has 84 valence electrons. The van der Waals surface area contributed by atoms with Crippen LogP contribution >= 0.6 is 15.9 Å². The summed E-state index contributed by atoms with van der Waals surface area (Å²) in [5.74, 6) is -0.421. The van der Waals surface area contributed by atoms with Gasteiger partial charge in [-0.2, -0.15) is 0 Å². The summed E-state index contributed by atoms with van der Waals surface area (Å²) in [6.45, 7) is 3.97. The molecular weight excluding hydrogens is 274 g/mol. The molecule has 2 aromatic heterocycles. The number of ether oxygens (including phenoxy) is 1. The van der Waals surface area contributed by atoms with Crippen LogP contribution in [0.3, 0.4) is 0 Å². The van der Waals surface area contributed by atoms with Crippen molar-refractivity contribution < 1.29 is 9.53 Å². The van der Waals surface area contributed by atoms with E-state index in [1.807, 2.05) is 6.92 Å². The highest BCUT2D eigenvalue weighted by molar-refractivity contribution is 9.10. The Morgan fingerprint density at radius 2 is 2.25 bits per heavy atom. The maximum atomic E-state index is 11.5. The van der Waals surface area contributed by atoms with Crippen LogP contribution in [0.4, 0.5) is 0 Å². The maximum absolute atomic E-state index is 11.5. The third-order valence-electron chi connectivity index (χ3n) is 2.00. The molecular formula is C10H10BrN3O2. The second-order valence-electron chi connectivity index (χ2n) is 3.25. The molecule has 0 saturated carbocycles. The van der Waals surface area contributed by atoms with Crippen LogP contribution in [0, 0.1) is 6.92 Å². The van der Waals surface area contributed by atoms with Gasteiger partial charge in [0.05, 0.1) is 12.3 Å². The summed E-state index contributed by atoms with van der Waals surface area (Å²) in [5, 5.41) is 0. The van der Waals surface area contributed by atoms with Gasteiger partial charge in [-0.15, -0.1) is 0 Å². The molecule has 2 heterocycles. The van der Waals surface area contributed by atoms with E-state index in [1.54, 1.807) is 23.7 Å². The monoisotopic (exact) mass is 283 g/mol. The number of nitrogens with zero attached hydrogens (tertiary/aromatic N) is 3. The zero-order valence-electron chi connectivity index (χ0n) is 8.90. The molecule has 2 aromatic rings. The highest BCUT2D eigenvalue weighted by Gasteiger charge is 2.13. The van der Waals surface area contributed by atoms with Crippen molar-refractivity contribution in [3.05, 3.63) is 28.4 Å². The number of fused-ring (bicyclic) bond motifs is 1. The fourth-order valence-corrected chi connectivity index (χ4v) is 1.96. The minimum Gasteiger partial charge on any atom is -0.461 e. The number of esters is 1. The molecule has 0 aliphatic rings. The second-order valence-corrected chi connectivity index (χ2v) is 4.00. The van der Waals surface area contributed by atoms with Gasteiger partial charge in [0.1, 0.15) is 4.60 Å². The van der Waals surface area contributed by atoms with Crippen molar-refractivity contribution in [1.82, 2.24) is 14.4 Å². The van der Waals surface area contributed by atoms with E-state index in [2.05, 4.69) is 25.9 Å². The molecule has 5 nitrogen and oxygen atoms in total. The molecule has 0 aliphatic carbocycles. The summed E-state index contributed by atoms with van der Waals surface area (Å²) in [5.41, 5.74) is 1.73. The fourth-order valence-electron chi connectivity index (χ4n) is 1.38. The van der Waals surface area contributed by atoms with Crippen molar-refractivity contribution in [1.29, 1.82) is 0 Å². The lowest BCUT2D eigenvalue weighted by atomic mass is 10.5. The zero-order valence-corrected chi connectivity index (χ0v) is 10.5. The van der Waals surface area contributed by atoms with Gasteiger partial charge in [-0.3, -0.25) is 0 Å². The molecule has 0 amide bonds. The SMILES string of the molecule is CCOC(=O)c1cn2cc(C)nc(Br)c2n1. The summed E-state index contributed by atoms with van der Waals surface area (Å²) >= 11 is 3.30. The van der Waals surface area contributed by atoms with E-state index in [0.29, 0.717) is 16.9 Å². The minimum absolute atomic E-state index is 0.287. The van der Waals surface area contributed by atoms with Crippen molar-refractivity contribution in [2.45, 2.75) is 13.8 Å². The Bertz CT molecular complexity index is 550. The van der Waals surface area contributed by atoms with E-state index < -0.39 is 5.97 Å². The third kappa shape index (κ3) is 1.92. The first-order valence-corrected chi connectivity index (χ1v) is 5.60. The maximum Gasteiger partial charge on any atom is 0.358 e. The fraction of sp³-hybridized carbons (Fsp3) is 0.300. The van der Waals surface area contributed by atoms with Crippen LogP contribution < -0.4 is 0 Å². The van der Waals surface area contributed by atoms with Crippen molar-refractivity contribution >= 4 is 27.5 Å². The molecule has 0 radical (unpaired) electrons. The van der Waals surface area contributed by atoms with Gasteiger partial charge in [-0.05, 0) is 29.8 Å². The van der Waals surface area contributed by atoms with Crippen LogP contribution in [-0.4, -0.2) is 26.9 Å². The van der Waals surface area contributed by atoms with E-state index in [4.69, 9.17) is 4.74 Å². The number of aryl methyl sites for hydroxylation is 1. The number of hydrogen-bond donors (Lipinski definition) is 0. The molecule has 0 aromatic carbocycles. The van der Waals surface area contributed by atoms with Gasteiger partial charge in [0.25, 0.3) is 0 Å². The summed E-state index contributed by atoms with van der Waals surface area (Å²) in [4.78, 5) is 19.8. The van der Waals surface area contributed by atoms with Crippen LogP contribution in [0.5, 0.6) is 0 Å². The average molecular weight is 284 g/mol. The van der Waals surface area contributed by atoms with Gasteiger partial charge >= 0.3 is 5.97 Å². The normalized spacial score (nSPS) is 10.7. The molecule has 0 bridgehead atoms. The minimum atomic E-state index is -0.421. The Kier molecular flexibility index (Phi) is 2.91. The number of imidazole rings is 1. The van der Waals surface area contributed by atoms with Crippen molar-refractivity contribution in [3.63, 3.8) is 0 Å². The van der Waals surface area contributed by atoms with Crippen LogP contribution in [-0.2, 0) is 4.74 Å². The zero-order chi connectivity index (χ0) is 11.7. The van der Waals surface area contributed by atoms with Gasteiger partial charge in [0, 0.05) is 12.4 Å². The van der Waals surface area contributed by atoms with Crippen molar-refractivity contribution in [2.75, 3.05) is 6.61 Å². The molecule has 0 aliphatic heterocycles. The lowest BCUT2D eigenvalue weighted by Gasteiger charge is -1.96. The van der Waals surface area contributed by atoms with Gasteiger partial charge in [-0.25, -0.2) is 14.8 Å². The van der Waals surface area contributed by atoms with E-state index in [9.17, 15) is 4.79 Å². The number of carbonyl (C=O) groups excluding carboxylic acids is 1. The molecule has 2 rings (SSSR count). The van der Waals surface area contributed by atoms with E-state index in [-0.39, 0.29) is 5.69 Å². The first-order valence-electron chi connectivity index (χ1n) is 4.80. The van der Waals surface area contributed by atoms with E-state index in [0.717, 1.165) is 5.69 Å². The number of rotatable bonds is 2. The largest absolute Gasteiger partial charge is 0.461 e. The molecule has 0 spiro atoms. The average Bonchev–Trinajstić information content (AvgIpc) is 2.62. The Balaban J connectivity index is 2.51. The topological polar surface area (TPSA) is 56.5 Å². The van der Waals surface area contributed by atoms with Gasteiger partial charge in [0.15, 0.2) is 11.3 Å². The Labute approximate surface area is 101 Å². The molecule has 6 heteroatoms. The standard InChI is InChI=1S/C10H10BrN3O2/c1-3-16-10(15)7-5-14-4-6(2)12-8(11)9(14)13-7/h4-5H,3H2,1-2H3. The Morgan fingerprint density at radius 1 is 1.50 bits per heavy atom. The Hall–Kier alpha value is -1.43. The predicted octanol–water partition coefficient (Wildman–Crippen LogP) is 1.98.